The second-order valence-corrected chi connectivity index (χ2v) is 5.93. The summed E-state index contributed by atoms with van der Waals surface area (Å²) in [5, 5.41) is 3.82. The van der Waals surface area contributed by atoms with Crippen LogP contribution in [0.2, 0.25) is 0 Å². The molecule has 2 fully saturated rings. The molecular weight excluding hydrogens is 178 g/mol. The van der Waals surface area contributed by atoms with Crippen molar-refractivity contribution in [1.29, 1.82) is 0 Å². The summed E-state index contributed by atoms with van der Waals surface area (Å²) >= 11 is 2.18. The van der Waals surface area contributed by atoms with Crippen LogP contribution in [0.3, 0.4) is 0 Å². The Bertz CT molecular complexity index is 177. The molecule has 1 nitrogen and oxygen atoms in total. The standard InChI is InChI=1S/C11H21NS/c1-3-11(10-6-4-5-7-10)12-9(2)8-13-11/h9-10,12H,3-8H2,1-2H3. The molecule has 0 aromatic carbocycles. The minimum absolute atomic E-state index is 0.454. The highest BCUT2D eigenvalue weighted by Gasteiger charge is 2.43. The third-order valence-electron chi connectivity index (χ3n) is 3.62. The molecule has 2 unspecified atom stereocenters. The van der Waals surface area contributed by atoms with Crippen molar-refractivity contribution in [3.05, 3.63) is 0 Å². The zero-order valence-electron chi connectivity index (χ0n) is 8.81. The van der Waals surface area contributed by atoms with Gasteiger partial charge in [0.25, 0.3) is 0 Å². The molecule has 2 heteroatoms. The molecule has 0 spiro atoms. The van der Waals surface area contributed by atoms with Crippen molar-refractivity contribution in [3.8, 4) is 0 Å². The predicted molar refractivity (Wildman–Crippen MR) is 60.0 cm³/mol. The highest BCUT2D eigenvalue weighted by atomic mass is 32.2. The van der Waals surface area contributed by atoms with Gasteiger partial charge in [-0.05, 0) is 32.1 Å². The zero-order chi connectivity index (χ0) is 9.31. The van der Waals surface area contributed by atoms with Gasteiger partial charge in [0.05, 0.1) is 4.87 Å². The molecule has 0 aromatic heterocycles. The molecule has 2 atom stereocenters. The van der Waals surface area contributed by atoms with Crippen LogP contribution in [-0.4, -0.2) is 16.7 Å². The van der Waals surface area contributed by atoms with Crippen LogP contribution < -0.4 is 5.32 Å². The topological polar surface area (TPSA) is 12.0 Å². The Morgan fingerprint density at radius 2 is 2.08 bits per heavy atom. The zero-order valence-corrected chi connectivity index (χ0v) is 9.62. The molecule has 1 aliphatic carbocycles. The average Bonchev–Trinajstić information content (AvgIpc) is 2.73. The lowest BCUT2D eigenvalue weighted by Crippen LogP contribution is -2.45. The van der Waals surface area contributed by atoms with E-state index in [1.54, 1.807) is 0 Å². The normalized spacial score (nSPS) is 41.5. The molecule has 1 N–H and O–H groups in total. The van der Waals surface area contributed by atoms with Crippen molar-refractivity contribution in [2.45, 2.75) is 56.9 Å². The fourth-order valence-corrected chi connectivity index (χ4v) is 4.49. The first-order chi connectivity index (χ1) is 6.27. The van der Waals surface area contributed by atoms with E-state index >= 15 is 0 Å². The van der Waals surface area contributed by atoms with Gasteiger partial charge in [-0.25, -0.2) is 0 Å². The summed E-state index contributed by atoms with van der Waals surface area (Å²) in [6.45, 7) is 4.66. The summed E-state index contributed by atoms with van der Waals surface area (Å²) < 4.78 is 0. The van der Waals surface area contributed by atoms with E-state index < -0.39 is 0 Å². The monoisotopic (exact) mass is 199 g/mol. The number of nitrogens with one attached hydrogen (secondary N) is 1. The molecule has 13 heavy (non-hydrogen) atoms. The Balaban J connectivity index is 2.06. The molecular formula is C11H21NS. The Kier molecular flexibility index (Phi) is 2.89. The van der Waals surface area contributed by atoms with Gasteiger partial charge in [-0.1, -0.05) is 19.8 Å². The highest BCUT2D eigenvalue weighted by Crippen LogP contribution is 2.46. The van der Waals surface area contributed by atoms with Crippen LogP contribution in [0.1, 0.15) is 46.0 Å². The van der Waals surface area contributed by atoms with Crippen molar-refractivity contribution in [2.75, 3.05) is 5.75 Å². The molecule has 1 aliphatic heterocycles. The molecule has 0 amide bonds. The van der Waals surface area contributed by atoms with E-state index in [0.717, 1.165) is 12.0 Å². The molecule has 76 valence electrons. The molecule has 1 saturated carbocycles. The Morgan fingerprint density at radius 1 is 1.38 bits per heavy atom. The lowest BCUT2D eigenvalue weighted by molar-refractivity contribution is 0.309. The second kappa shape index (κ2) is 3.82. The maximum absolute atomic E-state index is 3.82. The average molecular weight is 199 g/mol. The molecule has 1 heterocycles. The smallest absolute Gasteiger partial charge is 0.0673 e. The van der Waals surface area contributed by atoms with Crippen LogP contribution in [0.4, 0.5) is 0 Å². The number of thioether (sulfide) groups is 1. The Morgan fingerprint density at radius 3 is 2.54 bits per heavy atom. The first-order valence-corrected chi connectivity index (χ1v) is 6.67. The van der Waals surface area contributed by atoms with Crippen LogP contribution in [0.25, 0.3) is 0 Å². The van der Waals surface area contributed by atoms with Crippen LogP contribution >= 0.6 is 11.8 Å². The lowest BCUT2D eigenvalue weighted by atomic mass is 9.94. The highest BCUT2D eigenvalue weighted by molar-refractivity contribution is 8.00. The summed E-state index contributed by atoms with van der Waals surface area (Å²) in [6, 6.07) is 0.727. The molecule has 2 aliphatic rings. The largest absolute Gasteiger partial charge is 0.299 e. The minimum atomic E-state index is 0.454. The Hall–Kier alpha value is 0.310. The second-order valence-electron chi connectivity index (χ2n) is 4.58. The molecule has 2 rings (SSSR count). The maximum atomic E-state index is 3.82. The number of hydrogen-bond acceptors (Lipinski definition) is 2. The van der Waals surface area contributed by atoms with Crippen LogP contribution in [0.5, 0.6) is 0 Å². The van der Waals surface area contributed by atoms with E-state index in [4.69, 9.17) is 0 Å². The van der Waals surface area contributed by atoms with Gasteiger partial charge in [0.15, 0.2) is 0 Å². The van der Waals surface area contributed by atoms with Gasteiger partial charge in [-0.15, -0.1) is 11.8 Å². The molecule has 0 bridgehead atoms. The van der Waals surface area contributed by atoms with E-state index in [1.807, 2.05) is 0 Å². The third-order valence-corrected chi connectivity index (χ3v) is 5.54. The van der Waals surface area contributed by atoms with Crippen molar-refractivity contribution >= 4 is 11.8 Å². The minimum Gasteiger partial charge on any atom is -0.299 e. The quantitative estimate of drug-likeness (QED) is 0.733. The SMILES string of the molecule is CCC1(C2CCCC2)NC(C)CS1. The Labute approximate surface area is 86.0 Å². The van der Waals surface area contributed by atoms with Crippen molar-refractivity contribution in [3.63, 3.8) is 0 Å². The van der Waals surface area contributed by atoms with Crippen molar-refractivity contribution in [1.82, 2.24) is 5.32 Å². The van der Waals surface area contributed by atoms with Gasteiger partial charge in [-0.3, -0.25) is 5.32 Å². The number of rotatable bonds is 2. The first-order valence-electron chi connectivity index (χ1n) is 5.68. The maximum Gasteiger partial charge on any atom is 0.0673 e. The first kappa shape index (κ1) is 9.85. The van der Waals surface area contributed by atoms with E-state index in [1.165, 1.54) is 37.9 Å². The van der Waals surface area contributed by atoms with E-state index in [9.17, 15) is 0 Å². The molecule has 1 saturated heterocycles. The summed E-state index contributed by atoms with van der Waals surface area (Å²) in [6.07, 6.45) is 7.14. The van der Waals surface area contributed by atoms with Gasteiger partial charge in [-0.2, -0.15) is 0 Å². The molecule has 0 radical (unpaired) electrons. The fraction of sp³-hybridized carbons (Fsp3) is 1.00. The van der Waals surface area contributed by atoms with Crippen LogP contribution in [0.15, 0.2) is 0 Å². The van der Waals surface area contributed by atoms with E-state index in [-0.39, 0.29) is 0 Å². The van der Waals surface area contributed by atoms with E-state index in [0.29, 0.717) is 4.87 Å². The predicted octanol–water partition coefficient (Wildman–Crippen LogP) is 3.01. The van der Waals surface area contributed by atoms with Crippen LogP contribution in [-0.2, 0) is 0 Å². The van der Waals surface area contributed by atoms with Gasteiger partial charge >= 0.3 is 0 Å². The summed E-state index contributed by atoms with van der Waals surface area (Å²) in [4.78, 5) is 0.454. The van der Waals surface area contributed by atoms with Gasteiger partial charge < -0.3 is 0 Å². The van der Waals surface area contributed by atoms with Gasteiger partial charge in [0.2, 0.25) is 0 Å². The van der Waals surface area contributed by atoms with Crippen molar-refractivity contribution < 1.29 is 0 Å². The summed E-state index contributed by atoms with van der Waals surface area (Å²) in [7, 11) is 0. The lowest BCUT2D eigenvalue weighted by Gasteiger charge is -2.34. The van der Waals surface area contributed by atoms with Crippen molar-refractivity contribution in [2.24, 2.45) is 5.92 Å². The van der Waals surface area contributed by atoms with Gasteiger partial charge in [0.1, 0.15) is 0 Å². The summed E-state index contributed by atoms with van der Waals surface area (Å²) in [5.74, 6) is 2.26. The van der Waals surface area contributed by atoms with Crippen LogP contribution in [0, 0.1) is 5.92 Å². The third kappa shape index (κ3) is 1.75. The number of hydrogen-bond donors (Lipinski definition) is 1. The summed E-state index contributed by atoms with van der Waals surface area (Å²) in [5.41, 5.74) is 0. The van der Waals surface area contributed by atoms with E-state index in [2.05, 4.69) is 30.9 Å². The molecule has 0 aromatic rings. The fourth-order valence-electron chi connectivity index (χ4n) is 2.89. The van der Waals surface area contributed by atoms with Gasteiger partial charge in [0, 0.05) is 11.8 Å².